The Kier molecular flexibility index (Phi) is 3.14. The van der Waals surface area contributed by atoms with Crippen LogP contribution in [-0.4, -0.2) is 20.9 Å². The molecule has 0 radical (unpaired) electrons. The number of aryl methyl sites for hydroxylation is 1. The summed E-state index contributed by atoms with van der Waals surface area (Å²) < 4.78 is 2.04. The first-order chi connectivity index (χ1) is 9.31. The molecule has 4 heteroatoms. The highest BCUT2D eigenvalue weighted by atomic mass is 15.0. The second-order valence-electron chi connectivity index (χ2n) is 4.54. The molecule has 3 heterocycles. The van der Waals surface area contributed by atoms with E-state index in [2.05, 4.69) is 21.5 Å². The molecule has 0 amide bonds. The lowest BCUT2D eigenvalue weighted by Gasteiger charge is -2.04. The van der Waals surface area contributed by atoms with Gasteiger partial charge in [0, 0.05) is 31.1 Å². The third-order valence-corrected chi connectivity index (χ3v) is 2.99. The van der Waals surface area contributed by atoms with Gasteiger partial charge < -0.3 is 9.72 Å². The van der Waals surface area contributed by atoms with Crippen LogP contribution in [0, 0.1) is 6.92 Å². The Labute approximate surface area is 112 Å². The molecule has 3 aromatic rings. The molecule has 0 aliphatic rings. The van der Waals surface area contributed by atoms with Crippen molar-refractivity contribution in [1.29, 1.82) is 0 Å². The van der Waals surface area contributed by atoms with Crippen LogP contribution in [-0.2, 0) is 6.42 Å². The van der Waals surface area contributed by atoms with E-state index in [0.29, 0.717) is 0 Å². The maximum atomic E-state index is 4.56. The Balaban J connectivity index is 1.63. The van der Waals surface area contributed by atoms with Crippen molar-refractivity contribution in [1.82, 2.24) is 14.4 Å². The zero-order valence-corrected chi connectivity index (χ0v) is 10.9. The molecule has 3 aromatic heterocycles. The van der Waals surface area contributed by atoms with Crippen LogP contribution in [0.4, 0.5) is 5.82 Å². The summed E-state index contributed by atoms with van der Waals surface area (Å²) in [6, 6.07) is 12.0. The Morgan fingerprint density at radius 1 is 1.11 bits per heavy atom. The summed E-state index contributed by atoms with van der Waals surface area (Å²) in [5.74, 6) is 0.920. The van der Waals surface area contributed by atoms with Crippen LogP contribution < -0.4 is 5.32 Å². The average molecular weight is 252 g/mol. The monoisotopic (exact) mass is 252 g/mol. The van der Waals surface area contributed by atoms with E-state index in [1.165, 1.54) is 0 Å². The third-order valence-electron chi connectivity index (χ3n) is 2.99. The van der Waals surface area contributed by atoms with Gasteiger partial charge in [0.2, 0.25) is 0 Å². The SMILES string of the molecule is Cc1cccc(NCCc2cn3ccccc3n2)n1. The maximum Gasteiger partial charge on any atom is 0.136 e. The van der Waals surface area contributed by atoms with Crippen LogP contribution in [0.3, 0.4) is 0 Å². The second kappa shape index (κ2) is 5.10. The third kappa shape index (κ3) is 2.73. The normalized spacial score (nSPS) is 10.8. The molecule has 96 valence electrons. The fourth-order valence-corrected chi connectivity index (χ4v) is 2.07. The molecule has 4 nitrogen and oxygen atoms in total. The van der Waals surface area contributed by atoms with Crippen molar-refractivity contribution in [2.45, 2.75) is 13.3 Å². The first-order valence-electron chi connectivity index (χ1n) is 6.41. The van der Waals surface area contributed by atoms with Gasteiger partial charge in [-0.2, -0.15) is 0 Å². The summed E-state index contributed by atoms with van der Waals surface area (Å²) in [5, 5.41) is 3.32. The maximum absolute atomic E-state index is 4.56. The zero-order valence-electron chi connectivity index (χ0n) is 10.9. The summed E-state index contributed by atoms with van der Waals surface area (Å²) in [4.78, 5) is 8.97. The highest BCUT2D eigenvalue weighted by Crippen LogP contribution is 2.07. The van der Waals surface area contributed by atoms with Crippen molar-refractivity contribution >= 4 is 11.5 Å². The molecule has 0 bridgehead atoms. The van der Waals surface area contributed by atoms with Gasteiger partial charge in [0.05, 0.1) is 5.69 Å². The fraction of sp³-hybridized carbons (Fsp3) is 0.200. The molecule has 0 fully saturated rings. The number of imidazole rings is 1. The Morgan fingerprint density at radius 3 is 2.89 bits per heavy atom. The summed E-state index contributed by atoms with van der Waals surface area (Å²) in [6.07, 6.45) is 4.97. The highest BCUT2D eigenvalue weighted by Gasteiger charge is 2.00. The van der Waals surface area contributed by atoms with Crippen LogP contribution in [0.1, 0.15) is 11.4 Å². The minimum absolute atomic E-state index is 0.834. The molecule has 0 saturated heterocycles. The predicted molar refractivity (Wildman–Crippen MR) is 76.4 cm³/mol. The molecule has 0 spiro atoms. The average Bonchev–Trinajstić information content (AvgIpc) is 2.81. The number of rotatable bonds is 4. The second-order valence-corrected chi connectivity index (χ2v) is 4.54. The van der Waals surface area contributed by atoms with E-state index in [9.17, 15) is 0 Å². The molecule has 0 saturated carbocycles. The van der Waals surface area contributed by atoms with Crippen molar-refractivity contribution in [3.05, 3.63) is 60.2 Å². The Bertz CT molecular complexity index is 654. The number of fused-ring (bicyclic) bond motifs is 1. The van der Waals surface area contributed by atoms with Crippen molar-refractivity contribution in [3.8, 4) is 0 Å². The molecule has 19 heavy (non-hydrogen) atoms. The molecular weight excluding hydrogens is 236 g/mol. The van der Waals surface area contributed by atoms with Gasteiger partial charge in [-0.1, -0.05) is 12.1 Å². The lowest BCUT2D eigenvalue weighted by atomic mass is 10.3. The Hall–Kier alpha value is -2.36. The van der Waals surface area contributed by atoms with Gasteiger partial charge >= 0.3 is 0 Å². The topological polar surface area (TPSA) is 42.2 Å². The van der Waals surface area contributed by atoms with Gasteiger partial charge in [0.25, 0.3) is 0 Å². The first kappa shape index (κ1) is 11.7. The summed E-state index contributed by atoms with van der Waals surface area (Å²) in [7, 11) is 0. The summed E-state index contributed by atoms with van der Waals surface area (Å²) in [6.45, 7) is 2.83. The van der Waals surface area contributed by atoms with Crippen molar-refractivity contribution < 1.29 is 0 Å². The van der Waals surface area contributed by atoms with Crippen molar-refractivity contribution in [2.75, 3.05) is 11.9 Å². The van der Waals surface area contributed by atoms with Crippen LogP contribution in [0.25, 0.3) is 5.65 Å². The zero-order chi connectivity index (χ0) is 13.1. The van der Waals surface area contributed by atoms with Crippen molar-refractivity contribution in [3.63, 3.8) is 0 Å². The summed E-state index contributed by atoms with van der Waals surface area (Å²) >= 11 is 0. The van der Waals surface area contributed by atoms with E-state index in [0.717, 1.165) is 35.8 Å². The largest absolute Gasteiger partial charge is 0.370 e. The lowest BCUT2D eigenvalue weighted by Crippen LogP contribution is -2.06. The molecular formula is C15H16N4. The van der Waals surface area contributed by atoms with Crippen LogP contribution in [0.2, 0.25) is 0 Å². The van der Waals surface area contributed by atoms with Crippen LogP contribution >= 0.6 is 0 Å². The molecule has 0 atom stereocenters. The number of pyridine rings is 2. The van der Waals surface area contributed by atoms with Crippen LogP contribution in [0.5, 0.6) is 0 Å². The van der Waals surface area contributed by atoms with Gasteiger partial charge in [-0.15, -0.1) is 0 Å². The van der Waals surface area contributed by atoms with Gasteiger partial charge in [0.15, 0.2) is 0 Å². The Morgan fingerprint density at radius 2 is 2.05 bits per heavy atom. The molecule has 0 aliphatic carbocycles. The minimum atomic E-state index is 0.834. The van der Waals surface area contributed by atoms with Crippen molar-refractivity contribution in [2.24, 2.45) is 0 Å². The number of nitrogens with zero attached hydrogens (tertiary/aromatic N) is 3. The molecule has 0 unspecified atom stereocenters. The molecule has 3 rings (SSSR count). The van der Waals surface area contributed by atoms with Gasteiger partial charge in [0.1, 0.15) is 11.5 Å². The molecule has 0 aliphatic heterocycles. The molecule has 0 aromatic carbocycles. The quantitative estimate of drug-likeness (QED) is 0.776. The first-order valence-corrected chi connectivity index (χ1v) is 6.41. The van der Waals surface area contributed by atoms with Gasteiger partial charge in [-0.05, 0) is 31.2 Å². The number of aromatic nitrogens is 3. The number of hydrogen-bond acceptors (Lipinski definition) is 3. The number of anilines is 1. The van der Waals surface area contributed by atoms with E-state index >= 15 is 0 Å². The fourth-order valence-electron chi connectivity index (χ4n) is 2.07. The van der Waals surface area contributed by atoms with E-state index in [-0.39, 0.29) is 0 Å². The van der Waals surface area contributed by atoms with E-state index in [4.69, 9.17) is 0 Å². The van der Waals surface area contributed by atoms with E-state index < -0.39 is 0 Å². The van der Waals surface area contributed by atoms with E-state index in [1.54, 1.807) is 0 Å². The molecule has 1 N–H and O–H groups in total. The minimum Gasteiger partial charge on any atom is -0.370 e. The van der Waals surface area contributed by atoms with E-state index in [1.807, 2.05) is 53.9 Å². The highest BCUT2D eigenvalue weighted by molar-refractivity contribution is 5.40. The summed E-state index contributed by atoms with van der Waals surface area (Å²) in [5.41, 5.74) is 3.11. The smallest absolute Gasteiger partial charge is 0.136 e. The predicted octanol–water partition coefficient (Wildman–Crippen LogP) is 2.69. The van der Waals surface area contributed by atoms with Gasteiger partial charge in [-0.25, -0.2) is 9.97 Å². The number of hydrogen-bond donors (Lipinski definition) is 1. The van der Waals surface area contributed by atoms with Crippen LogP contribution in [0.15, 0.2) is 48.8 Å². The lowest BCUT2D eigenvalue weighted by molar-refractivity contribution is 0.967. The number of nitrogens with one attached hydrogen (secondary N) is 1. The van der Waals surface area contributed by atoms with Gasteiger partial charge in [-0.3, -0.25) is 0 Å². The standard InChI is InChI=1S/C15H16N4/c1-12-5-4-6-14(17-12)16-9-8-13-11-19-10-3-2-7-15(19)18-13/h2-7,10-11H,8-9H2,1H3,(H,16,17).